The molecule has 2 rings (SSSR count). The van der Waals surface area contributed by atoms with Crippen molar-refractivity contribution in [3.05, 3.63) is 22.8 Å². The number of hydrogen-bond donors (Lipinski definition) is 1. The van der Waals surface area contributed by atoms with E-state index in [9.17, 15) is 9.59 Å². The largest absolute Gasteiger partial charge is 0.444 e. The standard InChI is InChI=1S/C15H20BrN3O3/c1-15(2,3)22-14(21)17-10-7-8-13(20)19(9-10)12-6-4-5-11(16)18-12/h4-6,10H,7-9H2,1-3H3,(H,17,21). The number of hydrogen-bond acceptors (Lipinski definition) is 4. The number of amides is 2. The van der Waals surface area contributed by atoms with Crippen LogP contribution in [0, 0.1) is 0 Å². The number of carbonyl (C=O) groups excluding carboxylic acids is 2. The van der Waals surface area contributed by atoms with E-state index in [2.05, 4.69) is 26.2 Å². The first kappa shape index (κ1) is 16.7. The SMILES string of the molecule is CC(C)(C)OC(=O)NC1CCC(=O)N(c2cccc(Br)n2)C1. The normalized spacial score (nSPS) is 19.0. The molecule has 2 amide bonds. The van der Waals surface area contributed by atoms with Gasteiger partial charge in [-0.25, -0.2) is 9.78 Å². The second-order valence-corrected chi connectivity index (χ2v) is 7.02. The first-order valence-corrected chi connectivity index (χ1v) is 7.96. The number of rotatable bonds is 2. The third-order valence-electron chi connectivity index (χ3n) is 3.11. The topological polar surface area (TPSA) is 71.5 Å². The summed E-state index contributed by atoms with van der Waals surface area (Å²) in [5.74, 6) is 0.586. The predicted octanol–water partition coefficient (Wildman–Crippen LogP) is 2.86. The number of alkyl carbamates (subject to hydrolysis) is 1. The molecule has 6 nitrogen and oxygen atoms in total. The van der Waals surface area contributed by atoms with Crippen molar-refractivity contribution in [1.29, 1.82) is 0 Å². The molecule has 1 unspecified atom stereocenters. The Morgan fingerprint density at radius 2 is 2.18 bits per heavy atom. The second-order valence-electron chi connectivity index (χ2n) is 6.20. The summed E-state index contributed by atoms with van der Waals surface area (Å²) in [6.45, 7) is 5.83. The Kier molecular flexibility index (Phi) is 5.05. The van der Waals surface area contributed by atoms with Gasteiger partial charge in [0.05, 0.1) is 6.04 Å². The van der Waals surface area contributed by atoms with E-state index in [1.54, 1.807) is 17.0 Å². The van der Waals surface area contributed by atoms with Crippen molar-refractivity contribution < 1.29 is 14.3 Å². The van der Waals surface area contributed by atoms with Crippen LogP contribution in [0.3, 0.4) is 0 Å². The lowest BCUT2D eigenvalue weighted by atomic mass is 10.1. The van der Waals surface area contributed by atoms with Crippen molar-refractivity contribution >= 4 is 33.7 Å². The Hall–Kier alpha value is -1.63. The van der Waals surface area contributed by atoms with E-state index in [1.165, 1.54) is 0 Å². The average molecular weight is 370 g/mol. The monoisotopic (exact) mass is 369 g/mol. The number of carbonyl (C=O) groups is 2. The van der Waals surface area contributed by atoms with E-state index in [-0.39, 0.29) is 11.9 Å². The number of ether oxygens (including phenoxy) is 1. The van der Waals surface area contributed by atoms with Crippen LogP contribution in [0.4, 0.5) is 10.6 Å². The van der Waals surface area contributed by atoms with Gasteiger partial charge in [-0.3, -0.25) is 9.69 Å². The zero-order valence-corrected chi connectivity index (χ0v) is 14.5. The van der Waals surface area contributed by atoms with Crippen molar-refractivity contribution in [2.75, 3.05) is 11.4 Å². The Morgan fingerprint density at radius 3 is 2.82 bits per heavy atom. The molecule has 1 saturated heterocycles. The summed E-state index contributed by atoms with van der Waals surface area (Å²) in [7, 11) is 0. The fraction of sp³-hybridized carbons (Fsp3) is 0.533. The zero-order valence-electron chi connectivity index (χ0n) is 12.9. The van der Waals surface area contributed by atoms with E-state index in [4.69, 9.17) is 4.74 Å². The second kappa shape index (κ2) is 6.64. The lowest BCUT2D eigenvalue weighted by molar-refractivity contribution is -0.119. The molecule has 1 aromatic heterocycles. The highest BCUT2D eigenvalue weighted by Crippen LogP contribution is 2.21. The first-order valence-electron chi connectivity index (χ1n) is 7.17. The molecule has 22 heavy (non-hydrogen) atoms. The molecule has 0 aliphatic carbocycles. The van der Waals surface area contributed by atoms with Gasteiger partial charge in [0.15, 0.2) is 0 Å². The molecule has 1 aromatic rings. The molecule has 1 aliphatic rings. The van der Waals surface area contributed by atoms with Crippen LogP contribution in [-0.4, -0.2) is 35.2 Å². The van der Waals surface area contributed by atoms with Crippen molar-refractivity contribution in [3.63, 3.8) is 0 Å². The number of anilines is 1. The summed E-state index contributed by atoms with van der Waals surface area (Å²) in [6.07, 6.45) is 0.506. The van der Waals surface area contributed by atoms with E-state index in [1.807, 2.05) is 26.8 Å². The van der Waals surface area contributed by atoms with Crippen LogP contribution in [0.15, 0.2) is 22.8 Å². The number of nitrogens with one attached hydrogen (secondary N) is 1. The zero-order chi connectivity index (χ0) is 16.3. The van der Waals surface area contributed by atoms with E-state index in [0.29, 0.717) is 29.8 Å². The molecule has 120 valence electrons. The summed E-state index contributed by atoms with van der Waals surface area (Å²) in [6, 6.07) is 5.26. The Balaban J connectivity index is 2.02. The third-order valence-corrected chi connectivity index (χ3v) is 3.55. The average Bonchev–Trinajstić information content (AvgIpc) is 2.38. The molecule has 2 heterocycles. The highest BCUT2D eigenvalue weighted by molar-refractivity contribution is 9.10. The molecule has 0 bridgehead atoms. The van der Waals surface area contributed by atoms with Crippen molar-refractivity contribution in [2.45, 2.75) is 45.3 Å². The fourth-order valence-electron chi connectivity index (χ4n) is 2.21. The quantitative estimate of drug-likeness (QED) is 0.813. The van der Waals surface area contributed by atoms with Crippen molar-refractivity contribution in [2.24, 2.45) is 0 Å². The summed E-state index contributed by atoms with van der Waals surface area (Å²) >= 11 is 3.30. The number of piperidine rings is 1. The van der Waals surface area contributed by atoms with Gasteiger partial charge in [-0.1, -0.05) is 6.07 Å². The highest BCUT2D eigenvalue weighted by Gasteiger charge is 2.29. The number of aromatic nitrogens is 1. The van der Waals surface area contributed by atoms with Crippen molar-refractivity contribution in [3.8, 4) is 0 Å². The Bertz CT molecular complexity index is 571. The van der Waals surface area contributed by atoms with Gasteiger partial charge in [0.1, 0.15) is 16.0 Å². The molecule has 1 fully saturated rings. The van der Waals surface area contributed by atoms with Crippen LogP contribution >= 0.6 is 15.9 Å². The maximum absolute atomic E-state index is 12.1. The summed E-state index contributed by atoms with van der Waals surface area (Å²) < 4.78 is 5.92. The van der Waals surface area contributed by atoms with Gasteiger partial charge in [-0.15, -0.1) is 0 Å². The minimum absolute atomic E-state index is 0.00726. The van der Waals surface area contributed by atoms with Gasteiger partial charge in [0, 0.05) is 13.0 Å². The summed E-state index contributed by atoms with van der Waals surface area (Å²) in [5, 5.41) is 2.82. The smallest absolute Gasteiger partial charge is 0.407 e. The molecule has 1 atom stereocenters. The van der Waals surface area contributed by atoms with Gasteiger partial charge >= 0.3 is 6.09 Å². The van der Waals surface area contributed by atoms with Gasteiger partial charge in [0.25, 0.3) is 0 Å². The summed E-state index contributed by atoms with van der Waals surface area (Å²) in [5.41, 5.74) is -0.542. The first-order chi connectivity index (χ1) is 10.2. The minimum atomic E-state index is -0.542. The van der Waals surface area contributed by atoms with Crippen LogP contribution in [0.5, 0.6) is 0 Å². The molecule has 1 N–H and O–H groups in total. The Labute approximate surface area is 138 Å². The lowest BCUT2D eigenvalue weighted by Gasteiger charge is -2.32. The van der Waals surface area contributed by atoms with Crippen LogP contribution in [-0.2, 0) is 9.53 Å². The van der Waals surface area contributed by atoms with Crippen molar-refractivity contribution in [1.82, 2.24) is 10.3 Å². The van der Waals surface area contributed by atoms with Gasteiger partial charge in [-0.05, 0) is 55.3 Å². The van der Waals surface area contributed by atoms with Gasteiger partial charge in [0.2, 0.25) is 5.91 Å². The molecular formula is C15H20BrN3O3. The van der Waals surface area contributed by atoms with Gasteiger partial charge in [-0.2, -0.15) is 0 Å². The van der Waals surface area contributed by atoms with Crippen LogP contribution in [0.1, 0.15) is 33.6 Å². The molecule has 1 aliphatic heterocycles. The molecule has 0 radical (unpaired) electrons. The number of halogens is 1. The van der Waals surface area contributed by atoms with Crippen LogP contribution in [0.25, 0.3) is 0 Å². The van der Waals surface area contributed by atoms with Gasteiger partial charge < -0.3 is 10.1 Å². The predicted molar refractivity (Wildman–Crippen MR) is 86.7 cm³/mol. The maximum atomic E-state index is 12.1. The maximum Gasteiger partial charge on any atom is 0.407 e. The summed E-state index contributed by atoms with van der Waals surface area (Å²) in [4.78, 5) is 29.8. The lowest BCUT2D eigenvalue weighted by Crippen LogP contribution is -2.51. The minimum Gasteiger partial charge on any atom is -0.444 e. The molecular weight excluding hydrogens is 350 g/mol. The Morgan fingerprint density at radius 1 is 1.45 bits per heavy atom. The van der Waals surface area contributed by atoms with E-state index < -0.39 is 11.7 Å². The third kappa shape index (κ3) is 4.69. The fourth-order valence-corrected chi connectivity index (χ4v) is 2.54. The van der Waals surface area contributed by atoms with Crippen LogP contribution < -0.4 is 10.2 Å². The molecule has 0 aromatic carbocycles. The highest BCUT2D eigenvalue weighted by atomic mass is 79.9. The molecule has 7 heteroatoms. The van der Waals surface area contributed by atoms with E-state index >= 15 is 0 Å². The molecule has 0 saturated carbocycles. The molecule has 0 spiro atoms. The number of nitrogens with zero attached hydrogens (tertiary/aromatic N) is 2. The van der Waals surface area contributed by atoms with E-state index in [0.717, 1.165) is 0 Å². The van der Waals surface area contributed by atoms with Crippen LogP contribution in [0.2, 0.25) is 0 Å². The number of pyridine rings is 1.